The highest BCUT2D eigenvalue weighted by Gasteiger charge is 2.13. The van der Waals surface area contributed by atoms with Crippen LogP contribution in [0.2, 0.25) is 10.0 Å². The number of hydrogen-bond donors (Lipinski definition) is 2. The third kappa shape index (κ3) is 5.08. The Balaban J connectivity index is 2.11. The second kappa shape index (κ2) is 8.85. The third-order valence-corrected chi connectivity index (χ3v) is 4.18. The van der Waals surface area contributed by atoms with Crippen LogP contribution in [0.5, 0.6) is 0 Å². The van der Waals surface area contributed by atoms with Crippen molar-refractivity contribution in [2.75, 3.05) is 17.2 Å². The molecule has 0 aliphatic carbocycles. The molecule has 0 saturated carbocycles. The normalized spacial score (nSPS) is 10.5. The van der Waals surface area contributed by atoms with Gasteiger partial charge in [-0.1, -0.05) is 49.0 Å². The largest absolute Gasteiger partial charge is 0.370 e. The number of carbonyl (C=O) groups is 1. The molecule has 1 aromatic carbocycles. The Kier molecular flexibility index (Phi) is 6.82. The quantitative estimate of drug-likeness (QED) is 0.680. The van der Waals surface area contributed by atoms with Gasteiger partial charge in [-0.05, 0) is 25.5 Å². The standard InChI is InChI=1S/C17H20Cl2N4O/c1-3-4-5-9-20-15-10-14(21-11(2)22-15)17(24)23-13-8-6-7-12(18)16(13)19/h6-8,10H,3-5,9H2,1-2H3,(H,23,24)(H,20,21,22). The molecular formula is C17H20Cl2N4O. The fourth-order valence-electron chi connectivity index (χ4n) is 2.15. The number of carbonyl (C=O) groups excluding carboxylic acids is 1. The third-order valence-electron chi connectivity index (χ3n) is 3.36. The zero-order chi connectivity index (χ0) is 17.5. The van der Waals surface area contributed by atoms with E-state index in [0.29, 0.717) is 27.4 Å². The van der Waals surface area contributed by atoms with Gasteiger partial charge in [0.15, 0.2) is 0 Å². The summed E-state index contributed by atoms with van der Waals surface area (Å²) in [6.07, 6.45) is 3.36. The van der Waals surface area contributed by atoms with Gasteiger partial charge in [0, 0.05) is 12.6 Å². The van der Waals surface area contributed by atoms with Gasteiger partial charge in [0.25, 0.3) is 5.91 Å². The number of nitrogens with zero attached hydrogens (tertiary/aromatic N) is 2. The maximum Gasteiger partial charge on any atom is 0.274 e. The molecule has 0 aliphatic heterocycles. The van der Waals surface area contributed by atoms with E-state index in [0.717, 1.165) is 25.8 Å². The Morgan fingerprint density at radius 3 is 2.75 bits per heavy atom. The van der Waals surface area contributed by atoms with Gasteiger partial charge < -0.3 is 10.6 Å². The molecule has 7 heteroatoms. The Hall–Kier alpha value is -1.85. The average molecular weight is 367 g/mol. The predicted octanol–water partition coefficient (Wildman–Crippen LogP) is 4.95. The minimum Gasteiger partial charge on any atom is -0.370 e. The number of unbranched alkanes of at least 4 members (excludes halogenated alkanes) is 2. The highest BCUT2D eigenvalue weighted by molar-refractivity contribution is 6.44. The molecule has 0 aliphatic rings. The molecule has 1 aromatic heterocycles. The van der Waals surface area contributed by atoms with E-state index in [4.69, 9.17) is 23.2 Å². The van der Waals surface area contributed by atoms with E-state index >= 15 is 0 Å². The van der Waals surface area contributed by atoms with Gasteiger partial charge in [-0.2, -0.15) is 0 Å². The fourth-order valence-corrected chi connectivity index (χ4v) is 2.50. The first-order valence-corrected chi connectivity index (χ1v) is 8.61. The van der Waals surface area contributed by atoms with Crippen molar-refractivity contribution in [1.82, 2.24) is 9.97 Å². The van der Waals surface area contributed by atoms with Gasteiger partial charge in [-0.25, -0.2) is 9.97 Å². The molecule has 24 heavy (non-hydrogen) atoms. The van der Waals surface area contributed by atoms with Crippen LogP contribution in [0.3, 0.4) is 0 Å². The summed E-state index contributed by atoms with van der Waals surface area (Å²) in [5.74, 6) is 0.806. The minimum atomic E-state index is -0.360. The van der Waals surface area contributed by atoms with E-state index in [-0.39, 0.29) is 11.6 Å². The SMILES string of the molecule is CCCCCNc1cc(C(=O)Nc2cccc(Cl)c2Cl)nc(C)n1. The molecule has 1 amide bonds. The number of rotatable bonds is 7. The number of aromatic nitrogens is 2. The van der Waals surface area contributed by atoms with Gasteiger partial charge in [-0.3, -0.25) is 4.79 Å². The van der Waals surface area contributed by atoms with Crippen molar-refractivity contribution >= 4 is 40.6 Å². The minimum absolute atomic E-state index is 0.275. The Morgan fingerprint density at radius 2 is 2.00 bits per heavy atom. The molecule has 2 N–H and O–H groups in total. The van der Waals surface area contributed by atoms with Crippen LogP contribution in [0, 0.1) is 6.92 Å². The van der Waals surface area contributed by atoms with Crippen molar-refractivity contribution < 1.29 is 4.79 Å². The van der Waals surface area contributed by atoms with E-state index < -0.39 is 0 Å². The maximum absolute atomic E-state index is 12.4. The molecule has 5 nitrogen and oxygen atoms in total. The van der Waals surface area contributed by atoms with Gasteiger partial charge in [0.05, 0.1) is 15.7 Å². The molecule has 2 rings (SSSR count). The van der Waals surface area contributed by atoms with E-state index in [2.05, 4.69) is 27.5 Å². The molecule has 0 atom stereocenters. The van der Waals surface area contributed by atoms with Gasteiger partial charge in [-0.15, -0.1) is 0 Å². The van der Waals surface area contributed by atoms with Gasteiger partial charge in [0.1, 0.15) is 17.3 Å². The van der Waals surface area contributed by atoms with Crippen molar-refractivity contribution in [3.05, 3.63) is 45.8 Å². The second-order valence-electron chi connectivity index (χ2n) is 5.38. The van der Waals surface area contributed by atoms with Crippen LogP contribution in [0.25, 0.3) is 0 Å². The number of hydrogen-bond acceptors (Lipinski definition) is 4. The summed E-state index contributed by atoms with van der Waals surface area (Å²) in [5, 5.41) is 6.63. The van der Waals surface area contributed by atoms with Crippen LogP contribution in [-0.4, -0.2) is 22.4 Å². The van der Waals surface area contributed by atoms with Crippen molar-refractivity contribution in [1.29, 1.82) is 0 Å². The summed E-state index contributed by atoms with van der Waals surface area (Å²) in [5.41, 5.74) is 0.722. The molecule has 0 unspecified atom stereocenters. The summed E-state index contributed by atoms with van der Waals surface area (Å²) < 4.78 is 0. The summed E-state index contributed by atoms with van der Waals surface area (Å²) >= 11 is 12.1. The topological polar surface area (TPSA) is 66.9 Å². The van der Waals surface area contributed by atoms with Crippen LogP contribution in [-0.2, 0) is 0 Å². The number of nitrogens with one attached hydrogen (secondary N) is 2. The van der Waals surface area contributed by atoms with Crippen LogP contribution in [0.4, 0.5) is 11.5 Å². The summed E-state index contributed by atoms with van der Waals surface area (Å²) in [6.45, 7) is 4.71. The van der Waals surface area contributed by atoms with Crippen LogP contribution in [0.1, 0.15) is 42.5 Å². The maximum atomic E-state index is 12.4. The van der Waals surface area contributed by atoms with Crippen LogP contribution >= 0.6 is 23.2 Å². The lowest BCUT2D eigenvalue weighted by Crippen LogP contribution is -2.16. The molecular weight excluding hydrogens is 347 g/mol. The number of benzene rings is 1. The van der Waals surface area contributed by atoms with Crippen molar-refractivity contribution in [2.45, 2.75) is 33.1 Å². The number of amides is 1. The smallest absolute Gasteiger partial charge is 0.274 e. The average Bonchev–Trinajstić information content (AvgIpc) is 2.55. The van der Waals surface area contributed by atoms with E-state index in [1.165, 1.54) is 0 Å². The van der Waals surface area contributed by atoms with Crippen molar-refractivity contribution in [3.8, 4) is 0 Å². The number of aryl methyl sites for hydroxylation is 1. The summed E-state index contributed by atoms with van der Waals surface area (Å²) in [4.78, 5) is 20.9. The molecule has 2 aromatic rings. The number of anilines is 2. The Morgan fingerprint density at radius 1 is 1.21 bits per heavy atom. The zero-order valence-electron chi connectivity index (χ0n) is 13.7. The fraction of sp³-hybridized carbons (Fsp3) is 0.353. The Bertz CT molecular complexity index is 722. The first-order chi connectivity index (χ1) is 11.5. The van der Waals surface area contributed by atoms with Crippen molar-refractivity contribution in [2.24, 2.45) is 0 Å². The van der Waals surface area contributed by atoms with Gasteiger partial charge >= 0.3 is 0 Å². The lowest BCUT2D eigenvalue weighted by atomic mass is 10.2. The lowest BCUT2D eigenvalue weighted by molar-refractivity contribution is 0.102. The monoisotopic (exact) mass is 366 g/mol. The van der Waals surface area contributed by atoms with E-state index in [9.17, 15) is 4.79 Å². The van der Waals surface area contributed by atoms with Gasteiger partial charge in [0.2, 0.25) is 0 Å². The molecule has 0 bridgehead atoms. The first kappa shape index (κ1) is 18.5. The second-order valence-corrected chi connectivity index (χ2v) is 6.16. The van der Waals surface area contributed by atoms with Crippen LogP contribution < -0.4 is 10.6 Å². The van der Waals surface area contributed by atoms with Crippen LogP contribution in [0.15, 0.2) is 24.3 Å². The highest BCUT2D eigenvalue weighted by Crippen LogP contribution is 2.29. The predicted molar refractivity (Wildman–Crippen MR) is 99.2 cm³/mol. The highest BCUT2D eigenvalue weighted by atomic mass is 35.5. The molecule has 1 heterocycles. The van der Waals surface area contributed by atoms with Crippen molar-refractivity contribution in [3.63, 3.8) is 0 Å². The lowest BCUT2D eigenvalue weighted by Gasteiger charge is -2.10. The molecule has 0 fully saturated rings. The van der Waals surface area contributed by atoms with E-state index in [1.54, 1.807) is 31.2 Å². The zero-order valence-corrected chi connectivity index (χ0v) is 15.2. The molecule has 0 spiro atoms. The molecule has 128 valence electrons. The number of halogens is 2. The van der Waals surface area contributed by atoms with E-state index in [1.807, 2.05) is 0 Å². The Labute approximate surface area is 151 Å². The molecule has 0 radical (unpaired) electrons. The first-order valence-electron chi connectivity index (χ1n) is 7.86. The summed E-state index contributed by atoms with van der Waals surface area (Å²) in [7, 11) is 0. The molecule has 0 saturated heterocycles. The summed E-state index contributed by atoms with van der Waals surface area (Å²) in [6, 6.07) is 6.69.